The zero-order valence-electron chi connectivity index (χ0n) is 14.0. The van der Waals surface area contributed by atoms with Crippen molar-refractivity contribution in [2.24, 2.45) is 0 Å². The van der Waals surface area contributed by atoms with E-state index in [4.69, 9.17) is 4.98 Å². The highest BCUT2D eigenvalue weighted by Gasteiger charge is 2.17. The normalized spacial score (nSPS) is 16.7. The zero-order chi connectivity index (χ0) is 15.2. The van der Waals surface area contributed by atoms with Gasteiger partial charge in [0.15, 0.2) is 0 Å². The van der Waals surface area contributed by atoms with Gasteiger partial charge in [-0.1, -0.05) is 20.8 Å². The van der Waals surface area contributed by atoms with E-state index in [1.165, 1.54) is 17.7 Å². The van der Waals surface area contributed by atoms with Crippen molar-refractivity contribution in [3.05, 3.63) is 23.4 Å². The second kappa shape index (κ2) is 7.76. The fraction of sp³-hybridized carbons (Fsp3) is 0.706. The lowest BCUT2D eigenvalue weighted by Crippen LogP contribution is -2.45. The molecule has 0 atom stereocenters. The quantitative estimate of drug-likeness (QED) is 0.816. The van der Waals surface area contributed by atoms with Crippen molar-refractivity contribution in [2.45, 2.75) is 39.7 Å². The summed E-state index contributed by atoms with van der Waals surface area (Å²) in [5.41, 5.74) is 2.57. The molecule has 1 N–H and O–H groups in total. The first-order chi connectivity index (χ1) is 10.1. The maximum absolute atomic E-state index is 4.89. The van der Waals surface area contributed by atoms with Crippen LogP contribution in [0.3, 0.4) is 0 Å². The summed E-state index contributed by atoms with van der Waals surface area (Å²) in [5.74, 6) is 1.63. The third-order valence-electron chi connectivity index (χ3n) is 4.07. The lowest BCUT2D eigenvalue weighted by Gasteiger charge is -2.33. The second-order valence-electron chi connectivity index (χ2n) is 6.38. The van der Waals surface area contributed by atoms with Crippen LogP contribution in [0.15, 0.2) is 12.1 Å². The summed E-state index contributed by atoms with van der Waals surface area (Å²) in [6.45, 7) is 13.1. The lowest BCUT2D eigenvalue weighted by atomic mass is 10.1. The Kier molecular flexibility index (Phi) is 6.00. The molecule has 0 unspecified atom stereocenters. The largest absolute Gasteiger partial charge is 0.354 e. The van der Waals surface area contributed by atoms with E-state index < -0.39 is 0 Å². The average molecular weight is 290 g/mol. The molecule has 0 amide bonds. The number of anilines is 1. The van der Waals surface area contributed by atoms with Gasteiger partial charge in [-0.05, 0) is 43.6 Å². The molecule has 0 aliphatic carbocycles. The van der Waals surface area contributed by atoms with Crippen LogP contribution in [0.2, 0.25) is 0 Å². The van der Waals surface area contributed by atoms with Gasteiger partial charge in [0.1, 0.15) is 5.82 Å². The standard InChI is InChI=1S/C17H30N4/c1-5-6-18-13-15-11-16(14(2)3)19-17(12-15)21-9-7-20(4)8-10-21/h11-12,14,18H,5-10,13H2,1-4H3. The molecule has 1 aliphatic rings. The highest BCUT2D eigenvalue weighted by Crippen LogP contribution is 2.21. The summed E-state index contributed by atoms with van der Waals surface area (Å²) in [4.78, 5) is 9.70. The summed E-state index contributed by atoms with van der Waals surface area (Å²) < 4.78 is 0. The Morgan fingerprint density at radius 3 is 2.52 bits per heavy atom. The minimum Gasteiger partial charge on any atom is -0.354 e. The fourth-order valence-electron chi connectivity index (χ4n) is 2.60. The van der Waals surface area contributed by atoms with Gasteiger partial charge in [-0.2, -0.15) is 0 Å². The number of hydrogen-bond donors (Lipinski definition) is 1. The number of nitrogens with one attached hydrogen (secondary N) is 1. The van der Waals surface area contributed by atoms with Crippen LogP contribution in [0.5, 0.6) is 0 Å². The van der Waals surface area contributed by atoms with Gasteiger partial charge < -0.3 is 15.1 Å². The van der Waals surface area contributed by atoms with Gasteiger partial charge in [-0.25, -0.2) is 4.98 Å². The van der Waals surface area contributed by atoms with Crippen LogP contribution in [0.25, 0.3) is 0 Å². The molecule has 1 fully saturated rings. The van der Waals surface area contributed by atoms with Crippen molar-refractivity contribution >= 4 is 5.82 Å². The maximum Gasteiger partial charge on any atom is 0.129 e. The third-order valence-corrected chi connectivity index (χ3v) is 4.07. The predicted octanol–water partition coefficient (Wildman–Crippen LogP) is 2.46. The molecule has 0 spiro atoms. The molecule has 1 aromatic heterocycles. The molecule has 118 valence electrons. The maximum atomic E-state index is 4.89. The van der Waals surface area contributed by atoms with E-state index in [9.17, 15) is 0 Å². The van der Waals surface area contributed by atoms with E-state index in [-0.39, 0.29) is 0 Å². The Labute approximate surface area is 129 Å². The topological polar surface area (TPSA) is 31.4 Å². The number of pyridine rings is 1. The zero-order valence-corrected chi connectivity index (χ0v) is 14.0. The molecule has 0 bridgehead atoms. The van der Waals surface area contributed by atoms with Gasteiger partial charge in [-0.3, -0.25) is 0 Å². The van der Waals surface area contributed by atoms with E-state index in [1.807, 2.05) is 0 Å². The van der Waals surface area contributed by atoms with Crippen LogP contribution in [-0.4, -0.2) is 49.7 Å². The Hall–Kier alpha value is -1.13. The minimum atomic E-state index is 0.474. The average Bonchev–Trinajstić information content (AvgIpc) is 2.48. The van der Waals surface area contributed by atoms with Gasteiger partial charge in [-0.15, -0.1) is 0 Å². The molecule has 4 heteroatoms. The van der Waals surface area contributed by atoms with Crippen LogP contribution < -0.4 is 10.2 Å². The molecule has 2 rings (SSSR count). The number of aromatic nitrogens is 1. The first-order valence-corrected chi connectivity index (χ1v) is 8.25. The molecule has 1 aliphatic heterocycles. The van der Waals surface area contributed by atoms with Crippen molar-refractivity contribution in [3.63, 3.8) is 0 Å². The molecule has 21 heavy (non-hydrogen) atoms. The number of nitrogens with zero attached hydrogens (tertiary/aromatic N) is 3. The molecule has 1 saturated heterocycles. The molecular formula is C17H30N4. The Balaban J connectivity index is 2.14. The predicted molar refractivity (Wildman–Crippen MR) is 90.0 cm³/mol. The molecule has 1 aromatic rings. The van der Waals surface area contributed by atoms with Crippen molar-refractivity contribution in [3.8, 4) is 0 Å². The summed E-state index contributed by atoms with van der Waals surface area (Å²) in [5, 5.41) is 3.50. The van der Waals surface area contributed by atoms with Crippen molar-refractivity contribution in [1.82, 2.24) is 15.2 Å². The Bertz CT molecular complexity index is 436. The number of likely N-dealkylation sites (N-methyl/N-ethyl adjacent to an activating group) is 1. The highest BCUT2D eigenvalue weighted by atomic mass is 15.3. The Morgan fingerprint density at radius 2 is 1.90 bits per heavy atom. The second-order valence-corrected chi connectivity index (χ2v) is 6.38. The van der Waals surface area contributed by atoms with Gasteiger partial charge in [0.05, 0.1) is 0 Å². The summed E-state index contributed by atoms with van der Waals surface area (Å²) in [6, 6.07) is 4.52. The smallest absolute Gasteiger partial charge is 0.129 e. The van der Waals surface area contributed by atoms with E-state index in [0.29, 0.717) is 5.92 Å². The minimum absolute atomic E-state index is 0.474. The van der Waals surface area contributed by atoms with Crippen molar-refractivity contribution < 1.29 is 0 Å². The van der Waals surface area contributed by atoms with Crippen LogP contribution in [0, 0.1) is 0 Å². The molecule has 4 nitrogen and oxygen atoms in total. The monoisotopic (exact) mass is 290 g/mol. The molecular weight excluding hydrogens is 260 g/mol. The number of rotatable bonds is 6. The molecule has 2 heterocycles. The SMILES string of the molecule is CCCNCc1cc(C(C)C)nc(N2CCN(C)CC2)c1. The fourth-order valence-corrected chi connectivity index (χ4v) is 2.60. The van der Waals surface area contributed by atoms with Crippen LogP contribution in [0.1, 0.15) is 44.4 Å². The molecule has 0 radical (unpaired) electrons. The highest BCUT2D eigenvalue weighted by molar-refractivity contribution is 5.44. The van der Waals surface area contributed by atoms with E-state index in [0.717, 1.165) is 45.1 Å². The number of hydrogen-bond acceptors (Lipinski definition) is 4. The third kappa shape index (κ3) is 4.68. The molecule has 0 aromatic carbocycles. The van der Waals surface area contributed by atoms with Gasteiger partial charge >= 0.3 is 0 Å². The van der Waals surface area contributed by atoms with Crippen LogP contribution in [-0.2, 0) is 6.54 Å². The summed E-state index contributed by atoms with van der Waals surface area (Å²) in [7, 11) is 2.19. The van der Waals surface area contributed by atoms with Crippen LogP contribution in [0.4, 0.5) is 5.82 Å². The number of piperazine rings is 1. The summed E-state index contributed by atoms with van der Waals surface area (Å²) >= 11 is 0. The van der Waals surface area contributed by atoms with E-state index in [2.05, 4.69) is 55.1 Å². The summed E-state index contributed by atoms with van der Waals surface area (Å²) in [6.07, 6.45) is 1.17. The van der Waals surface area contributed by atoms with Crippen molar-refractivity contribution in [1.29, 1.82) is 0 Å². The van der Waals surface area contributed by atoms with E-state index >= 15 is 0 Å². The lowest BCUT2D eigenvalue weighted by molar-refractivity contribution is 0.312. The first-order valence-electron chi connectivity index (χ1n) is 8.25. The van der Waals surface area contributed by atoms with E-state index in [1.54, 1.807) is 0 Å². The Morgan fingerprint density at radius 1 is 1.19 bits per heavy atom. The first kappa shape index (κ1) is 16.2. The van der Waals surface area contributed by atoms with Gasteiger partial charge in [0.2, 0.25) is 0 Å². The molecule has 0 saturated carbocycles. The van der Waals surface area contributed by atoms with Gasteiger partial charge in [0, 0.05) is 38.4 Å². The van der Waals surface area contributed by atoms with Gasteiger partial charge in [0.25, 0.3) is 0 Å². The van der Waals surface area contributed by atoms with Crippen LogP contribution >= 0.6 is 0 Å². The van der Waals surface area contributed by atoms with Crippen molar-refractivity contribution in [2.75, 3.05) is 44.7 Å².